The molecule has 0 aromatic carbocycles. The number of carbonyl (C=O) groups is 1. The molecule has 2 aromatic heterocycles. The molecular weight excluding hydrogens is 328 g/mol. The fraction of sp³-hybridized carbons (Fsp3) is 0.500. The van der Waals surface area contributed by atoms with Crippen LogP contribution in [0.25, 0.3) is 0 Å². The second kappa shape index (κ2) is 7.40. The fourth-order valence-corrected chi connectivity index (χ4v) is 4.01. The van der Waals surface area contributed by atoms with Gasteiger partial charge in [0.2, 0.25) is 11.8 Å². The normalized spacial score (nSPS) is 20.5. The highest BCUT2D eigenvalue weighted by atomic mass is 16.5. The van der Waals surface area contributed by atoms with Crippen LogP contribution in [-0.2, 0) is 4.79 Å². The van der Waals surface area contributed by atoms with Gasteiger partial charge in [0, 0.05) is 18.7 Å². The zero-order valence-corrected chi connectivity index (χ0v) is 15.1. The van der Waals surface area contributed by atoms with Crippen molar-refractivity contribution in [2.24, 2.45) is 5.92 Å². The van der Waals surface area contributed by atoms with Gasteiger partial charge in [0.15, 0.2) is 5.75 Å². The SMILES string of the molecule is Cc1ncccc1Oc1cncc([C@@H]2CCCN2C(=O)C2CCCC2)n1. The molecular formula is C20H24N4O2. The van der Waals surface area contributed by atoms with Gasteiger partial charge in [0.05, 0.1) is 29.8 Å². The van der Waals surface area contributed by atoms with Gasteiger partial charge in [-0.2, -0.15) is 0 Å². The standard InChI is InChI=1S/C20H24N4O2/c1-14-18(9-4-10-22-14)26-19-13-21-12-16(23-19)17-8-5-11-24(17)20(25)15-6-2-3-7-15/h4,9-10,12-13,15,17H,2-3,5-8,11H2,1H3/t17-/m0/s1. The van der Waals surface area contributed by atoms with Crippen LogP contribution in [0.2, 0.25) is 0 Å². The molecule has 6 heteroatoms. The molecule has 1 aliphatic heterocycles. The molecule has 4 rings (SSSR count). The van der Waals surface area contributed by atoms with E-state index in [4.69, 9.17) is 4.74 Å². The van der Waals surface area contributed by atoms with Gasteiger partial charge in [-0.25, -0.2) is 4.98 Å². The highest BCUT2D eigenvalue weighted by molar-refractivity contribution is 5.79. The number of rotatable bonds is 4. The third-order valence-electron chi connectivity index (χ3n) is 5.39. The monoisotopic (exact) mass is 352 g/mol. The van der Waals surface area contributed by atoms with E-state index in [1.54, 1.807) is 18.6 Å². The van der Waals surface area contributed by atoms with E-state index in [1.807, 2.05) is 24.0 Å². The first-order chi connectivity index (χ1) is 12.7. The molecule has 2 fully saturated rings. The van der Waals surface area contributed by atoms with Crippen molar-refractivity contribution in [2.75, 3.05) is 6.54 Å². The number of carbonyl (C=O) groups excluding carboxylic acids is 1. The Balaban J connectivity index is 1.53. The molecule has 1 atom stereocenters. The Kier molecular flexibility index (Phi) is 4.82. The minimum atomic E-state index is 0.00847. The Hall–Kier alpha value is -2.50. The van der Waals surface area contributed by atoms with Crippen molar-refractivity contribution in [3.8, 4) is 11.6 Å². The largest absolute Gasteiger partial charge is 0.436 e. The minimum absolute atomic E-state index is 0.00847. The van der Waals surface area contributed by atoms with Gasteiger partial charge < -0.3 is 9.64 Å². The van der Waals surface area contributed by atoms with Crippen LogP contribution in [0.1, 0.15) is 56.0 Å². The van der Waals surface area contributed by atoms with Crippen LogP contribution in [0.3, 0.4) is 0 Å². The minimum Gasteiger partial charge on any atom is -0.436 e. The van der Waals surface area contributed by atoms with Gasteiger partial charge in [-0.1, -0.05) is 12.8 Å². The summed E-state index contributed by atoms with van der Waals surface area (Å²) in [5, 5.41) is 0. The van der Waals surface area contributed by atoms with E-state index >= 15 is 0 Å². The Morgan fingerprint density at radius 2 is 2.04 bits per heavy atom. The van der Waals surface area contributed by atoms with E-state index in [9.17, 15) is 4.79 Å². The lowest BCUT2D eigenvalue weighted by Crippen LogP contribution is -2.35. The smallest absolute Gasteiger partial charge is 0.238 e. The molecule has 0 unspecified atom stereocenters. The van der Waals surface area contributed by atoms with E-state index in [0.29, 0.717) is 17.5 Å². The summed E-state index contributed by atoms with van der Waals surface area (Å²) in [6, 6.07) is 3.70. The number of ether oxygens (including phenoxy) is 1. The predicted octanol–water partition coefficient (Wildman–Crippen LogP) is 3.83. The first kappa shape index (κ1) is 16.9. The lowest BCUT2D eigenvalue weighted by molar-refractivity contribution is -0.136. The van der Waals surface area contributed by atoms with E-state index in [1.165, 1.54) is 12.8 Å². The summed E-state index contributed by atoms with van der Waals surface area (Å²) in [5.74, 6) is 1.60. The zero-order chi connectivity index (χ0) is 17.9. The van der Waals surface area contributed by atoms with Crippen molar-refractivity contribution in [2.45, 2.75) is 51.5 Å². The van der Waals surface area contributed by atoms with E-state index in [-0.39, 0.29) is 12.0 Å². The molecule has 0 radical (unpaired) electrons. The van der Waals surface area contributed by atoms with Crippen molar-refractivity contribution in [1.29, 1.82) is 0 Å². The first-order valence-corrected chi connectivity index (χ1v) is 9.44. The molecule has 136 valence electrons. The van der Waals surface area contributed by atoms with Gasteiger partial charge in [-0.3, -0.25) is 14.8 Å². The van der Waals surface area contributed by atoms with E-state index in [2.05, 4.69) is 15.0 Å². The highest BCUT2D eigenvalue weighted by Crippen LogP contribution is 2.36. The quantitative estimate of drug-likeness (QED) is 0.836. The molecule has 1 aliphatic carbocycles. The number of aromatic nitrogens is 3. The highest BCUT2D eigenvalue weighted by Gasteiger charge is 2.35. The number of pyridine rings is 1. The van der Waals surface area contributed by atoms with Gasteiger partial charge in [0.1, 0.15) is 0 Å². The third-order valence-corrected chi connectivity index (χ3v) is 5.39. The number of hydrogen-bond donors (Lipinski definition) is 0. The maximum atomic E-state index is 12.9. The summed E-state index contributed by atoms with van der Waals surface area (Å²) >= 11 is 0. The topological polar surface area (TPSA) is 68.2 Å². The average molecular weight is 352 g/mol. The van der Waals surface area contributed by atoms with Gasteiger partial charge >= 0.3 is 0 Å². The molecule has 1 saturated carbocycles. The predicted molar refractivity (Wildman–Crippen MR) is 96.7 cm³/mol. The number of likely N-dealkylation sites (tertiary alicyclic amines) is 1. The second-order valence-electron chi connectivity index (χ2n) is 7.14. The Bertz CT molecular complexity index is 789. The second-order valence-corrected chi connectivity index (χ2v) is 7.14. The van der Waals surface area contributed by atoms with E-state index in [0.717, 1.165) is 43.6 Å². The van der Waals surface area contributed by atoms with E-state index < -0.39 is 0 Å². The van der Waals surface area contributed by atoms with Gasteiger partial charge in [-0.15, -0.1) is 0 Å². The van der Waals surface area contributed by atoms with Crippen LogP contribution < -0.4 is 4.74 Å². The Morgan fingerprint density at radius 3 is 2.85 bits per heavy atom. The summed E-state index contributed by atoms with van der Waals surface area (Å²) in [5.41, 5.74) is 1.62. The van der Waals surface area contributed by atoms with Gasteiger partial charge in [-0.05, 0) is 44.7 Å². The summed E-state index contributed by atoms with van der Waals surface area (Å²) in [4.78, 5) is 28.1. The number of amides is 1. The summed E-state index contributed by atoms with van der Waals surface area (Å²) in [6.45, 7) is 2.71. The lowest BCUT2D eigenvalue weighted by atomic mass is 10.1. The molecule has 2 aliphatic rings. The van der Waals surface area contributed by atoms with Crippen LogP contribution in [0.5, 0.6) is 11.6 Å². The van der Waals surface area contributed by atoms with Crippen LogP contribution in [0.15, 0.2) is 30.7 Å². The lowest BCUT2D eigenvalue weighted by Gasteiger charge is -2.27. The summed E-state index contributed by atoms with van der Waals surface area (Å²) in [7, 11) is 0. The van der Waals surface area contributed by atoms with Crippen LogP contribution in [0.4, 0.5) is 0 Å². The maximum absolute atomic E-state index is 12.9. The van der Waals surface area contributed by atoms with Crippen molar-refractivity contribution in [3.63, 3.8) is 0 Å². The molecule has 0 bridgehead atoms. The molecule has 1 saturated heterocycles. The van der Waals surface area contributed by atoms with Crippen molar-refractivity contribution >= 4 is 5.91 Å². The maximum Gasteiger partial charge on any atom is 0.238 e. The molecule has 26 heavy (non-hydrogen) atoms. The molecule has 2 aromatic rings. The number of aryl methyl sites for hydroxylation is 1. The zero-order valence-electron chi connectivity index (χ0n) is 15.1. The van der Waals surface area contributed by atoms with Crippen molar-refractivity contribution in [3.05, 3.63) is 42.1 Å². The van der Waals surface area contributed by atoms with Crippen LogP contribution in [-0.4, -0.2) is 32.3 Å². The molecule has 0 spiro atoms. The van der Waals surface area contributed by atoms with Crippen LogP contribution >= 0.6 is 0 Å². The van der Waals surface area contributed by atoms with Crippen molar-refractivity contribution in [1.82, 2.24) is 19.9 Å². The molecule has 1 amide bonds. The summed E-state index contributed by atoms with van der Waals surface area (Å²) < 4.78 is 5.87. The fourth-order valence-electron chi connectivity index (χ4n) is 4.01. The number of nitrogens with zero attached hydrogens (tertiary/aromatic N) is 4. The third kappa shape index (κ3) is 3.41. The summed E-state index contributed by atoms with van der Waals surface area (Å²) in [6.07, 6.45) is 11.4. The molecule has 6 nitrogen and oxygen atoms in total. The Morgan fingerprint density at radius 1 is 1.19 bits per heavy atom. The van der Waals surface area contributed by atoms with Gasteiger partial charge in [0.25, 0.3) is 0 Å². The molecule has 3 heterocycles. The average Bonchev–Trinajstić information content (AvgIpc) is 3.35. The van der Waals surface area contributed by atoms with Crippen LogP contribution in [0, 0.1) is 12.8 Å². The van der Waals surface area contributed by atoms with Crippen molar-refractivity contribution < 1.29 is 9.53 Å². The number of hydrogen-bond acceptors (Lipinski definition) is 5. The Labute approximate surface area is 153 Å². The first-order valence-electron chi connectivity index (χ1n) is 9.44. The molecule has 0 N–H and O–H groups in total.